The highest BCUT2D eigenvalue weighted by Crippen LogP contribution is 2.09. The number of carbonyl (C=O) groups excluding carboxylic acids is 1. The Labute approximate surface area is 147 Å². The monoisotopic (exact) mass is 378 g/mol. The van der Waals surface area contributed by atoms with Gasteiger partial charge in [-0.1, -0.05) is 18.2 Å². The lowest BCUT2D eigenvalue weighted by molar-refractivity contribution is -0.697. The molecule has 2 aromatic rings. The second kappa shape index (κ2) is 10.8. The molecule has 0 unspecified atom stereocenters. The summed E-state index contributed by atoms with van der Waals surface area (Å²) >= 11 is 0. The van der Waals surface area contributed by atoms with E-state index in [9.17, 15) is 9.90 Å². The third-order valence-corrected chi connectivity index (χ3v) is 3.52. The van der Waals surface area contributed by atoms with Crippen LogP contribution in [0.15, 0.2) is 54.9 Å². The zero-order valence-electron chi connectivity index (χ0n) is 13.1. The number of carbonyl (C=O) groups is 1. The zero-order valence-corrected chi connectivity index (χ0v) is 14.7. The van der Waals surface area contributed by atoms with Gasteiger partial charge in [0, 0.05) is 31.5 Å². The number of pyridine rings is 1. The maximum absolute atomic E-state index is 11.7. The lowest BCUT2D eigenvalue weighted by atomic mass is 10.1. The predicted molar refractivity (Wildman–Crippen MR) is 85.3 cm³/mol. The quantitative estimate of drug-likeness (QED) is 0.467. The number of unbranched alkanes of at least 4 members (excludes halogenated alkanes) is 1. The van der Waals surface area contributed by atoms with Crippen molar-refractivity contribution in [3.63, 3.8) is 0 Å². The smallest absolute Gasteiger partial charge is 0.220 e. The number of aromatic nitrogens is 1. The molecule has 2 rings (SSSR count). The molecule has 1 amide bonds. The molecule has 0 bridgehead atoms. The number of aryl methyl sites for hydroxylation is 1. The molecule has 0 aliphatic rings. The van der Waals surface area contributed by atoms with Crippen LogP contribution in [0.4, 0.5) is 0 Å². The Bertz CT molecular complexity index is 573. The maximum atomic E-state index is 11.7. The number of rotatable bonds is 8. The molecule has 0 aliphatic heterocycles. The van der Waals surface area contributed by atoms with E-state index in [4.69, 9.17) is 0 Å². The lowest BCUT2D eigenvalue weighted by Gasteiger charge is -2.05. The van der Waals surface area contributed by atoms with Gasteiger partial charge in [0.2, 0.25) is 5.91 Å². The minimum atomic E-state index is 0. The van der Waals surface area contributed by atoms with Crippen LogP contribution in [0.5, 0.6) is 5.75 Å². The molecule has 2 N–H and O–H groups in total. The van der Waals surface area contributed by atoms with Crippen LogP contribution in [-0.2, 0) is 17.8 Å². The Morgan fingerprint density at radius 1 is 1.04 bits per heavy atom. The molecule has 0 aliphatic carbocycles. The van der Waals surface area contributed by atoms with Crippen molar-refractivity contribution in [2.75, 3.05) is 6.54 Å². The highest BCUT2D eigenvalue weighted by atomic mass is 79.9. The van der Waals surface area contributed by atoms with E-state index in [0.29, 0.717) is 13.0 Å². The maximum Gasteiger partial charge on any atom is 0.220 e. The fourth-order valence-corrected chi connectivity index (χ4v) is 2.26. The first-order valence-electron chi connectivity index (χ1n) is 7.73. The summed E-state index contributed by atoms with van der Waals surface area (Å²) in [5, 5.41) is 12.1. The summed E-state index contributed by atoms with van der Waals surface area (Å²) in [4.78, 5) is 11.7. The van der Waals surface area contributed by atoms with E-state index in [1.807, 2.05) is 42.7 Å². The average Bonchev–Trinajstić information content (AvgIpc) is 2.54. The van der Waals surface area contributed by atoms with Crippen molar-refractivity contribution in [2.24, 2.45) is 0 Å². The van der Waals surface area contributed by atoms with Crippen LogP contribution in [0, 0.1) is 0 Å². The highest BCUT2D eigenvalue weighted by molar-refractivity contribution is 5.75. The summed E-state index contributed by atoms with van der Waals surface area (Å²) < 4.78 is 2.13. The lowest BCUT2D eigenvalue weighted by Crippen LogP contribution is -3.00. The third-order valence-electron chi connectivity index (χ3n) is 3.52. The molecule has 0 spiro atoms. The van der Waals surface area contributed by atoms with E-state index in [1.165, 1.54) is 0 Å². The zero-order chi connectivity index (χ0) is 15.6. The molecule has 1 heterocycles. The van der Waals surface area contributed by atoms with Gasteiger partial charge in [-0.25, -0.2) is 4.57 Å². The van der Waals surface area contributed by atoms with Crippen LogP contribution in [-0.4, -0.2) is 17.6 Å². The van der Waals surface area contributed by atoms with Gasteiger partial charge in [0.05, 0.1) is 0 Å². The number of hydrogen-bond donors (Lipinski definition) is 2. The summed E-state index contributed by atoms with van der Waals surface area (Å²) in [6.45, 7) is 1.58. The molecule has 0 saturated carbocycles. The normalized spacial score (nSPS) is 9.91. The second-order valence-electron chi connectivity index (χ2n) is 5.34. The molecule has 0 radical (unpaired) electrons. The van der Waals surface area contributed by atoms with Gasteiger partial charge in [-0.15, -0.1) is 0 Å². The number of halogens is 1. The van der Waals surface area contributed by atoms with E-state index in [-0.39, 0.29) is 28.6 Å². The first-order valence-corrected chi connectivity index (χ1v) is 7.73. The van der Waals surface area contributed by atoms with E-state index in [1.54, 1.807) is 12.1 Å². The van der Waals surface area contributed by atoms with Crippen LogP contribution in [0.25, 0.3) is 0 Å². The standard InChI is InChI=1S/C18H22N2O2.BrH/c21-17-9-7-16(8-10-17)11-12-19-18(22)6-2-5-15-20-13-3-1-4-14-20;/h1,3-4,7-10,13-14H,2,5-6,11-12,15H2,(H-,19,21,22);1H. The van der Waals surface area contributed by atoms with Gasteiger partial charge < -0.3 is 27.4 Å². The highest BCUT2D eigenvalue weighted by Gasteiger charge is 2.03. The Kier molecular flexibility index (Phi) is 8.98. The van der Waals surface area contributed by atoms with Gasteiger partial charge >= 0.3 is 0 Å². The van der Waals surface area contributed by atoms with Gasteiger partial charge in [0.25, 0.3) is 0 Å². The summed E-state index contributed by atoms with van der Waals surface area (Å²) in [5.41, 5.74) is 1.11. The van der Waals surface area contributed by atoms with Crippen molar-refractivity contribution in [1.29, 1.82) is 0 Å². The van der Waals surface area contributed by atoms with Gasteiger partial charge in [-0.2, -0.15) is 0 Å². The van der Waals surface area contributed by atoms with Crippen LogP contribution in [0.3, 0.4) is 0 Å². The third kappa shape index (κ3) is 7.79. The topological polar surface area (TPSA) is 53.2 Å². The van der Waals surface area contributed by atoms with E-state index in [2.05, 4.69) is 9.88 Å². The Morgan fingerprint density at radius 2 is 1.74 bits per heavy atom. The first-order chi connectivity index (χ1) is 10.7. The van der Waals surface area contributed by atoms with Crippen molar-refractivity contribution < 1.29 is 31.4 Å². The molecule has 1 aromatic heterocycles. The largest absolute Gasteiger partial charge is 1.00 e. The van der Waals surface area contributed by atoms with Gasteiger partial charge in [-0.05, 0) is 30.5 Å². The van der Waals surface area contributed by atoms with Crippen LogP contribution >= 0.6 is 0 Å². The fourth-order valence-electron chi connectivity index (χ4n) is 2.26. The second-order valence-corrected chi connectivity index (χ2v) is 5.34. The minimum absolute atomic E-state index is 0. The molecule has 0 fully saturated rings. The minimum Gasteiger partial charge on any atom is -1.00 e. The molecule has 1 aromatic carbocycles. The average molecular weight is 379 g/mol. The number of benzene rings is 1. The number of aromatic hydroxyl groups is 1. The Balaban J connectivity index is 0.00000264. The molecule has 5 heteroatoms. The van der Waals surface area contributed by atoms with Crippen molar-refractivity contribution >= 4 is 5.91 Å². The number of nitrogens with one attached hydrogen (secondary N) is 1. The summed E-state index contributed by atoms with van der Waals surface area (Å²) in [6, 6.07) is 13.1. The Hall–Kier alpha value is -1.88. The first kappa shape index (κ1) is 19.2. The predicted octanol–water partition coefficient (Wildman–Crippen LogP) is -0.787. The summed E-state index contributed by atoms with van der Waals surface area (Å²) in [6.07, 6.45) is 7.33. The van der Waals surface area contributed by atoms with Crippen molar-refractivity contribution in [3.8, 4) is 5.75 Å². The SMILES string of the molecule is O=C(CCCC[n+]1ccccc1)NCCc1ccc(O)cc1.[Br-]. The number of hydrogen-bond acceptors (Lipinski definition) is 2. The van der Waals surface area contributed by atoms with E-state index in [0.717, 1.165) is 31.4 Å². The van der Waals surface area contributed by atoms with Crippen molar-refractivity contribution in [2.45, 2.75) is 32.2 Å². The molecule has 0 atom stereocenters. The molecular weight excluding hydrogens is 356 g/mol. The van der Waals surface area contributed by atoms with Gasteiger partial charge in [0.1, 0.15) is 12.3 Å². The number of phenolic OH excluding ortho intramolecular Hbond substituents is 1. The Morgan fingerprint density at radius 3 is 2.43 bits per heavy atom. The molecule has 124 valence electrons. The number of phenols is 1. The number of amides is 1. The van der Waals surface area contributed by atoms with Crippen LogP contribution in [0.2, 0.25) is 0 Å². The molecule has 23 heavy (non-hydrogen) atoms. The van der Waals surface area contributed by atoms with E-state index >= 15 is 0 Å². The van der Waals surface area contributed by atoms with Gasteiger partial charge in [-0.3, -0.25) is 4.79 Å². The molecule has 0 saturated heterocycles. The molecular formula is C18H23BrN2O2. The van der Waals surface area contributed by atoms with Gasteiger partial charge in [0.15, 0.2) is 12.4 Å². The number of nitrogens with zero attached hydrogens (tertiary/aromatic N) is 1. The van der Waals surface area contributed by atoms with Crippen molar-refractivity contribution in [3.05, 3.63) is 60.4 Å². The summed E-state index contributed by atoms with van der Waals surface area (Å²) in [5.74, 6) is 0.376. The summed E-state index contributed by atoms with van der Waals surface area (Å²) in [7, 11) is 0. The van der Waals surface area contributed by atoms with Crippen LogP contribution < -0.4 is 26.9 Å². The fraction of sp³-hybridized carbons (Fsp3) is 0.333. The molecule has 4 nitrogen and oxygen atoms in total. The van der Waals surface area contributed by atoms with Crippen molar-refractivity contribution in [1.82, 2.24) is 5.32 Å². The van der Waals surface area contributed by atoms with Crippen LogP contribution in [0.1, 0.15) is 24.8 Å². The van der Waals surface area contributed by atoms with E-state index < -0.39 is 0 Å².